The largest absolute Gasteiger partial charge is 0.206 e. The predicted octanol–water partition coefficient (Wildman–Crippen LogP) is 6.80. The van der Waals surface area contributed by atoms with Crippen LogP contribution in [0.1, 0.15) is 36.0 Å². The Morgan fingerprint density at radius 3 is 2.73 bits per heavy atom. The molecule has 2 aromatic carbocycles. The minimum absolute atomic E-state index is 0.212. The van der Waals surface area contributed by atoms with Crippen molar-refractivity contribution in [2.45, 2.75) is 42.8 Å². The SMILES string of the molecule is Fc1cc(CSc2c(Cl)ccc3c2CCCCC3)ccc1Br. The first-order valence-corrected chi connectivity index (χ1v) is 9.68. The number of fused-ring (bicyclic) bond motifs is 1. The van der Waals surface area contributed by atoms with Crippen LogP contribution in [0.15, 0.2) is 39.7 Å². The Labute approximate surface area is 148 Å². The molecule has 22 heavy (non-hydrogen) atoms. The lowest BCUT2D eigenvalue weighted by molar-refractivity contribution is 0.620. The van der Waals surface area contributed by atoms with Crippen LogP contribution < -0.4 is 0 Å². The average Bonchev–Trinajstić information content (AvgIpc) is 2.75. The summed E-state index contributed by atoms with van der Waals surface area (Å²) in [6.45, 7) is 0. The van der Waals surface area contributed by atoms with Gasteiger partial charge in [-0.25, -0.2) is 4.39 Å². The summed E-state index contributed by atoms with van der Waals surface area (Å²) in [7, 11) is 0. The highest BCUT2D eigenvalue weighted by Crippen LogP contribution is 2.37. The number of hydrogen-bond donors (Lipinski definition) is 0. The molecule has 0 amide bonds. The van der Waals surface area contributed by atoms with Crippen LogP contribution in [-0.4, -0.2) is 0 Å². The Bertz CT molecular complexity index is 687. The van der Waals surface area contributed by atoms with Gasteiger partial charge in [0.1, 0.15) is 5.82 Å². The molecule has 0 spiro atoms. The number of hydrogen-bond acceptors (Lipinski definition) is 1. The zero-order chi connectivity index (χ0) is 15.5. The topological polar surface area (TPSA) is 0 Å². The molecule has 0 radical (unpaired) electrons. The van der Waals surface area contributed by atoms with Gasteiger partial charge in [-0.05, 0) is 76.5 Å². The molecule has 0 nitrogen and oxygen atoms in total. The number of thioether (sulfide) groups is 1. The lowest BCUT2D eigenvalue weighted by Crippen LogP contribution is -1.95. The van der Waals surface area contributed by atoms with E-state index in [0.29, 0.717) is 4.47 Å². The number of halogens is 3. The van der Waals surface area contributed by atoms with Gasteiger partial charge in [-0.1, -0.05) is 30.2 Å². The number of benzene rings is 2. The van der Waals surface area contributed by atoms with Crippen molar-refractivity contribution in [3.63, 3.8) is 0 Å². The second-order valence-corrected chi connectivity index (χ2v) is 7.86. The normalized spacial score (nSPS) is 14.5. The Morgan fingerprint density at radius 2 is 1.91 bits per heavy atom. The molecule has 2 aromatic rings. The van der Waals surface area contributed by atoms with E-state index in [2.05, 4.69) is 22.0 Å². The van der Waals surface area contributed by atoms with E-state index in [1.807, 2.05) is 12.1 Å². The van der Waals surface area contributed by atoms with Crippen molar-refractivity contribution >= 4 is 39.3 Å². The van der Waals surface area contributed by atoms with Crippen LogP contribution in [0.25, 0.3) is 0 Å². The van der Waals surface area contributed by atoms with Crippen molar-refractivity contribution in [2.75, 3.05) is 0 Å². The minimum atomic E-state index is -0.212. The lowest BCUT2D eigenvalue weighted by atomic mass is 10.0. The maximum Gasteiger partial charge on any atom is 0.137 e. The van der Waals surface area contributed by atoms with Gasteiger partial charge < -0.3 is 0 Å². The van der Waals surface area contributed by atoms with Gasteiger partial charge in [0.05, 0.1) is 9.50 Å². The Morgan fingerprint density at radius 1 is 1.09 bits per heavy atom. The maximum absolute atomic E-state index is 13.6. The highest BCUT2D eigenvalue weighted by molar-refractivity contribution is 9.10. The predicted molar refractivity (Wildman–Crippen MR) is 96.4 cm³/mol. The first kappa shape index (κ1) is 16.4. The summed E-state index contributed by atoms with van der Waals surface area (Å²) in [5, 5.41) is 0.822. The molecule has 0 saturated carbocycles. The molecular formula is C18H17BrClFS. The van der Waals surface area contributed by atoms with Crippen molar-refractivity contribution in [1.82, 2.24) is 0 Å². The van der Waals surface area contributed by atoms with E-state index >= 15 is 0 Å². The highest BCUT2D eigenvalue weighted by Gasteiger charge is 2.15. The molecule has 1 aliphatic rings. The Balaban J connectivity index is 1.84. The third-order valence-corrected chi connectivity index (χ3v) is 6.35. The van der Waals surface area contributed by atoms with Crippen LogP contribution in [0, 0.1) is 5.82 Å². The van der Waals surface area contributed by atoms with Gasteiger partial charge in [-0.2, -0.15) is 0 Å². The molecule has 0 heterocycles. The number of rotatable bonds is 3. The summed E-state index contributed by atoms with van der Waals surface area (Å²) in [6, 6.07) is 9.49. The fraction of sp³-hybridized carbons (Fsp3) is 0.333. The van der Waals surface area contributed by atoms with Crippen LogP contribution in [0.4, 0.5) is 4.39 Å². The smallest absolute Gasteiger partial charge is 0.137 e. The molecule has 0 unspecified atom stereocenters. The zero-order valence-electron chi connectivity index (χ0n) is 12.2. The van der Waals surface area contributed by atoms with Gasteiger partial charge in [0, 0.05) is 10.6 Å². The monoisotopic (exact) mass is 398 g/mol. The second-order valence-electron chi connectivity index (χ2n) is 5.61. The molecule has 1 aliphatic carbocycles. The summed E-state index contributed by atoms with van der Waals surface area (Å²) in [6.07, 6.45) is 6.03. The lowest BCUT2D eigenvalue weighted by Gasteiger charge is -2.14. The third kappa shape index (κ3) is 3.69. The van der Waals surface area contributed by atoms with Crippen LogP contribution >= 0.6 is 39.3 Å². The minimum Gasteiger partial charge on any atom is -0.206 e. The molecule has 0 saturated heterocycles. The van der Waals surface area contributed by atoms with Crippen molar-refractivity contribution < 1.29 is 4.39 Å². The van der Waals surface area contributed by atoms with Crippen molar-refractivity contribution in [3.05, 3.63) is 62.3 Å². The maximum atomic E-state index is 13.6. The van der Waals surface area contributed by atoms with Crippen LogP contribution in [0.5, 0.6) is 0 Å². The molecule has 0 aromatic heterocycles. The van der Waals surface area contributed by atoms with Crippen molar-refractivity contribution in [3.8, 4) is 0 Å². The van der Waals surface area contributed by atoms with Gasteiger partial charge in [0.2, 0.25) is 0 Å². The fourth-order valence-electron chi connectivity index (χ4n) is 2.88. The summed E-state index contributed by atoms with van der Waals surface area (Å²) in [5.41, 5.74) is 3.83. The van der Waals surface area contributed by atoms with Crippen molar-refractivity contribution in [1.29, 1.82) is 0 Å². The molecule has 0 N–H and O–H groups in total. The molecule has 0 fully saturated rings. The quantitative estimate of drug-likeness (QED) is 0.404. The molecule has 0 bridgehead atoms. The van der Waals surface area contributed by atoms with Gasteiger partial charge in [-0.15, -0.1) is 11.8 Å². The highest BCUT2D eigenvalue weighted by atomic mass is 79.9. The summed E-state index contributed by atoms with van der Waals surface area (Å²) >= 11 is 11.4. The Kier molecular flexibility index (Phi) is 5.48. The van der Waals surface area contributed by atoms with Crippen LogP contribution in [0.2, 0.25) is 5.02 Å². The van der Waals surface area contributed by atoms with Gasteiger partial charge in [0.25, 0.3) is 0 Å². The third-order valence-electron chi connectivity index (χ3n) is 4.05. The summed E-state index contributed by atoms with van der Waals surface area (Å²) < 4.78 is 14.1. The Hall–Kier alpha value is -0.510. The molecule has 116 valence electrons. The standard InChI is InChI=1S/C18H17BrClFS/c19-15-8-6-12(10-17(15)21)11-22-18-14-5-3-1-2-4-13(14)7-9-16(18)20/h6-10H,1-5,11H2. The van der Waals surface area contributed by atoms with E-state index in [1.165, 1.54) is 35.3 Å². The number of aryl methyl sites for hydroxylation is 1. The summed E-state index contributed by atoms with van der Waals surface area (Å²) in [5.74, 6) is 0.525. The zero-order valence-corrected chi connectivity index (χ0v) is 15.3. The van der Waals surface area contributed by atoms with E-state index in [1.54, 1.807) is 23.9 Å². The van der Waals surface area contributed by atoms with E-state index in [0.717, 1.165) is 29.2 Å². The van der Waals surface area contributed by atoms with E-state index in [-0.39, 0.29) is 5.82 Å². The van der Waals surface area contributed by atoms with E-state index in [9.17, 15) is 4.39 Å². The summed E-state index contributed by atoms with van der Waals surface area (Å²) in [4.78, 5) is 1.18. The molecule has 0 atom stereocenters. The van der Waals surface area contributed by atoms with Crippen LogP contribution in [-0.2, 0) is 18.6 Å². The van der Waals surface area contributed by atoms with Gasteiger partial charge in [0.15, 0.2) is 0 Å². The fourth-order valence-corrected chi connectivity index (χ4v) is 4.57. The van der Waals surface area contributed by atoms with E-state index in [4.69, 9.17) is 11.6 Å². The molecular weight excluding hydrogens is 383 g/mol. The van der Waals surface area contributed by atoms with Crippen molar-refractivity contribution in [2.24, 2.45) is 0 Å². The second kappa shape index (κ2) is 7.37. The molecule has 4 heteroatoms. The van der Waals surface area contributed by atoms with E-state index < -0.39 is 0 Å². The first-order valence-electron chi connectivity index (χ1n) is 7.52. The average molecular weight is 400 g/mol. The van der Waals surface area contributed by atoms with Gasteiger partial charge in [-0.3, -0.25) is 0 Å². The van der Waals surface area contributed by atoms with Gasteiger partial charge >= 0.3 is 0 Å². The van der Waals surface area contributed by atoms with Crippen LogP contribution in [0.3, 0.4) is 0 Å². The first-order chi connectivity index (χ1) is 10.6. The molecule has 0 aliphatic heterocycles. The molecule has 3 rings (SSSR count).